The minimum absolute atomic E-state index is 1.36. The van der Waals surface area contributed by atoms with Crippen molar-refractivity contribution in [3.05, 3.63) is 6.43 Å². The van der Waals surface area contributed by atoms with E-state index in [1.54, 1.807) is 5.92 Å². The lowest BCUT2D eigenvalue weighted by molar-refractivity contribution is 0.343. The van der Waals surface area contributed by atoms with E-state index >= 15 is 0 Å². The van der Waals surface area contributed by atoms with Gasteiger partial charge in [0.2, 0.25) is 0 Å². The van der Waals surface area contributed by atoms with Gasteiger partial charge in [-0.15, -0.1) is 5.92 Å². The van der Waals surface area contributed by atoms with E-state index in [4.69, 9.17) is 0 Å². The van der Waals surface area contributed by atoms with Crippen LogP contribution in [-0.2, 0) is 0 Å². The van der Waals surface area contributed by atoms with Crippen molar-refractivity contribution in [2.24, 2.45) is 0 Å². The smallest absolute Gasteiger partial charge is 0.184 e. The van der Waals surface area contributed by atoms with Crippen LogP contribution in [0.2, 0.25) is 0 Å². The van der Waals surface area contributed by atoms with Crippen molar-refractivity contribution in [2.45, 2.75) is 6.92 Å². The third-order valence-electron chi connectivity index (χ3n) is 0.219. The maximum atomic E-state index is 10.8. The highest BCUT2D eigenvalue weighted by atomic mass is 19.3. The number of rotatable bonds is 0. The minimum Gasteiger partial charge on any atom is -0.184 e. The molecule has 0 aromatic heterocycles. The lowest BCUT2D eigenvalue weighted by atomic mass is 10.6. The molecule has 0 aromatic rings. The Morgan fingerprint density at radius 3 is 2.00 bits per heavy atom. The third kappa shape index (κ3) is 3.42. The van der Waals surface area contributed by atoms with Gasteiger partial charge >= 0.3 is 6.43 Å². The zero-order valence-corrected chi connectivity index (χ0v) is 3.26. The maximum Gasteiger partial charge on any atom is 0.381 e. The van der Waals surface area contributed by atoms with Gasteiger partial charge in [0.05, 0.1) is 0 Å². The van der Waals surface area contributed by atoms with Crippen molar-refractivity contribution < 1.29 is 8.78 Å². The first kappa shape index (κ1) is 5.42. The van der Waals surface area contributed by atoms with Gasteiger partial charge in [-0.05, 0) is 12.8 Å². The highest BCUT2D eigenvalue weighted by Crippen LogP contribution is 1.96. The van der Waals surface area contributed by atoms with Crippen molar-refractivity contribution in [1.29, 1.82) is 0 Å². The van der Waals surface area contributed by atoms with Gasteiger partial charge in [-0.3, -0.25) is 0 Å². The molecule has 0 aliphatic rings. The van der Waals surface area contributed by atoms with Gasteiger partial charge in [-0.2, -0.15) is 8.78 Å². The van der Waals surface area contributed by atoms with Crippen LogP contribution in [0.4, 0.5) is 8.78 Å². The normalized spacial score (nSPS) is 7.33. The summed E-state index contributed by atoms with van der Waals surface area (Å²) in [7, 11) is 0. The fourth-order valence-electron chi connectivity index (χ4n) is 0.0945. The van der Waals surface area contributed by atoms with E-state index in [1.165, 1.54) is 6.92 Å². The van der Waals surface area contributed by atoms with Crippen LogP contribution in [0.1, 0.15) is 6.92 Å². The van der Waals surface area contributed by atoms with Crippen LogP contribution < -0.4 is 0 Å². The molecule has 0 aliphatic heterocycles. The van der Waals surface area contributed by atoms with E-state index in [1.807, 2.05) is 5.92 Å². The molecule has 2 heteroatoms. The molecule has 0 spiro atoms. The number of hydrogen-bond donors (Lipinski definition) is 0. The fourth-order valence-corrected chi connectivity index (χ4v) is 0.0945. The van der Waals surface area contributed by atoms with Gasteiger partial charge in [0.25, 0.3) is 0 Å². The summed E-state index contributed by atoms with van der Waals surface area (Å²) in [5.41, 5.74) is 0. The first-order valence-electron chi connectivity index (χ1n) is 1.38. The Hall–Kier alpha value is -0.580. The van der Waals surface area contributed by atoms with E-state index in [2.05, 4.69) is 0 Å². The predicted molar refractivity (Wildman–Crippen MR) is 18.9 cm³/mol. The Labute approximate surface area is 35.2 Å². The summed E-state index contributed by atoms with van der Waals surface area (Å²) in [6.45, 7) is 1.36. The fraction of sp³-hybridized carbons (Fsp3) is 0.250. The molecular weight excluding hydrogens is 86.0 g/mol. The maximum absolute atomic E-state index is 10.8. The molecule has 0 aliphatic carbocycles. The molecule has 0 atom stereocenters. The van der Waals surface area contributed by atoms with E-state index in [9.17, 15) is 8.78 Å². The largest absolute Gasteiger partial charge is 0.381 e. The summed E-state index contributed by atoms with van der Waals surface area (Å²) in [5, 5.41) is 0. The van der Waals surface area contributed by atoms with E-state index < -0.39 is 6.43 Å². The summed E-state index contributed by atoms with van der Waals surface area (Å²) in [6.07, 6.45) is -1.82. The van der Waals surface area contributed by atoms with Crippen molar-refractivity contribution in [3.8, 4) is 11.8 Å². The van der Waals surface area contributed by atoms with Gasteiger partial charge in [0, 0.05) is 0 Å². The molecule has 0 fully saturated rings. The minimum atomic E-state index is -1.82. The van der Waals surface area contributed by atoms with E-state index in [0.717, 1.165) is 0 Å². The van der Waals surface area contributed by atoms with Crippen molar-refractivity contribution in [3.63, 3.8) is 0 Å². The number of hydrogen-bond acceptors (Lipinski definition) is 0. The van der Waals surface area contributed by atoms with Crippen LogP contribution in [0.25, 0.3) is 0 Å². The molecule has 0 amide bonds. The molecule has 0 heterocycles. The molecule has 0 aromatic carbocycles. The molecule has 0 bridgehead atoms. The molecule has 6 heavy (non-hydrogen) atoms. The Morgan fingerprint density at radius 2 is 2.00 bits per heavy atom. The Morgan fingerprint density at radius 1 is 1.50 bits per heavy atom. The summed E-state index contributed by atoms with van der Waals surface area (Å²) in [6, 6.07) is 0. The zero-order valence-electron chi connectivity index (χ0n) is 3.26. The molecule has 0 nitrogen and oxygen atoms in total. The number of halogens is 2. The summed E-state index contributed by atoms with van der Waals surface area (Å²) < 4.78 is 21.6. The van der Waals surface area contributed by atoms with Crippen LogP contribution in [0.3, 0.4) is 0 Å². The van der Waals surface area contributed by atoms with Crippen LogP contribution in [-0.4, -0.2) is 0 Å². The second-order valence-corrected chi connectivity index (χ2v) is 0.635. The lowest BCUT2D eigenvalue weighted by Crippen LogP contribution is -1.64. The topological polar surface area (TPSA) is 0 Å². The summed E-state index contributed by atoms with van der Waals surface area (Å²) in [4.78, 5) is 0. The van der Waals surface area contributed by atoms with Gasteiger partial charge in [0.1, 0.15) is 0 Å². The van der Waals surface area contributed by atoms with Gasteiger partial charge in [-0.1, -0.05) is 0 Å². The predicted octanol–water partition coefficient (Wildman–Crippen LogP) is 1.44. The van der Waals surface area contributed by atoms with E-state index in [0.29, 0.717) is 0 Å². The highest BCUT2D eigenvalue weighted by molar-refractivity contribution is 5.07. The zero-order chi connectivity index (χ0) is 4.99. The van der Waals surface area contributed by atoms with Crippen LogP contribution in [0, 0.1) is 18.3 Å². The van der Waals surface area contributed by atoms with Crippen LogP contribution in [0.5, 0.6) is 0 Å². The first-order chi connectivity index (χ1) is 2.77. The summed E-state index contributed by atoms with van der Waals surface area (Å²) >= 11 is 0. The Balaban J connectivity index is 3.20. The Bertz CT molecular complexity index is 75.3. The second-order valence-electron chi connectivity index (χ2n) is 0.635. The molecule has 0 saturated heterocycles. The van der Waals surface area contributed by atoms with Crippen molar-refractivity contribution in [1.82, 2.24) is 0 Å². The molecule has 0 N–H and O–H groups in total. The van der Waals surface area contributed by atoms with Gasteiger partial charge < -0.3 is 0 Å². The monoisotopic (exact) mass is 89.0 g/mol. The van der Waals surface area contributed by atoms with Gasteiger partial charge in [-0.25, -0.2) is 0 Å². The van der Waals surface area contributed by atoms with Crippen LogP contribution in [0.15, 0.2) is 0 Å². The average Bonchev–Trinajstić information content (AvgIpc) is 1.35. The molecule has 1 radical (unpaired) electrons. The van der Waals surface area contributed by atoms with Crippen molar-refractivity contribution in [2.75, 3.05) is 0 Å². The average molecular weight is 89.1 g/mol. The Kier molecular flexibility index (Phi) is 2.39. The second kappa shape index (κ2) is 2.65. The molecular formula is C4H3F2. The molecule has 0 rings (SSSR count). The third-order valence-corrected chi connectivity index (χ3v) is 0.219. The van der Waals surface area contributed by atoms with E-state index in [-0.39, 0.29) is 0 Å². The van der Waals surface area contributed by atoms with Gasteiger partial charge in [0.15, 0.2) is 0 Å². The molecule has 33 valence electrons. The molecule has 0 unspecified atom stereocenters. The summed E-state index contributed by atoms with van der Waals surface area (Å²) in [5.74, 6) is 3.57. The van der Waals surface area contributed by atoms with Crippen LogP contribution >= 0.6 is 0 Å². The molecule has 0 saturated carbocycles. The lowest BCUT2D eigenvalue weighted by Gasteiger charge is -1.69. The standard InChI is InChI=1S/C4H3F2/c1-2-3-4(5)6/h1H3. The van der Waals surface area contributed by atoms with Crippen molar-refractivity contribution >= 4 is 0 Å². The SMILES string of the molecule is CC#C[C](F)F. The first-order valence-corrected chi connectivity index (χ1v) is 1.38. The quantitative estimate of drug-likeness (QED) is 0.394. The highest BCUT2D eigenvalue weighted by Gasteiger charge is 1.92.